The Morgan fingerprint density at radius 1 is 0.909 bits per heavy atom. The largest absolute Gasteiger partial charge is 0.494 e. The molecule has 0 atom stereocenters. The first-order valence-corrected chi connectivity index (χ1v) is 12.5. The molecule has 1 aliphatic heterocycles. The topological polar surface area (TPSA) is 21.3 Å². The fourth-order valence-corrected chi connectivity index (χ4v) is 4.26. The Kier molecular flexibility index (Phi) is 11.8. The third-order valence-corrected chi connectivity index (χ3v) is 6.32. The van der Waals surface area contributed by atoms with Gasteiger partial charge in [-0.05, 0) is 98.8 Å². The Bertz CT molecular complexity index is 813. The molecule has 0 radical (unpaired) electrons. The minimum absolute atomic E-state index is 0.352. The second-order valence-electron chi connectivity index (χ2n) is 8.73. The minimum Gasteiger partial charge on any atom is -0.494 e. The number of unbranched alkanes of at least 4 members (excludes halogenated alkanes) is 1. The lowest BCUT2D eigenvalue weighted by Crippen LogP contribution is -2.28. The average Bonchev–Trinajstić information content (AvgIpc) is 2.83. The lowest BCUT2D eigenvalue weighted by atomic mass is 9.95. The first-order valence-electron chi connectivity index (χ1n) is 12.5. The number of hydrogen-bond donors (Lipinski definition) is 1. The normalized spacial score (nSPS) is 14.5. The zero-order valence-corrected chi connectivity index (χ0v) is 20.4. The van der Waals surface area contributed by atoms with E-state index < -0.39 is 11.7 Å². The maximum atomic E-state index is 12.2. The van der Waals surface area contributed by atoms with Crippen LogP contribution in [0.4, 0.5) is 13.2 Å². The zero-order chi connectivity index (χ0) is 24.1. The van der Waals surface area contributed by atoms with Gasteiger partial charge in [-0.1, -0.05) is 51.5 Å². The van der Waals surface area contributed by atoms with Gasteiger partial charge >= 0.3 is 6.18 Å². The van der Waals surface area contributed by atoms with Gasteiger partial charge < -0.3 is 10.1 Å². The summed E-state index contributed by atoms with van der Waals surface area (Å²) in [7, 11) is 0. The van der Waals surface area contributed by atoms with E-state index in [0.717, 1.165) is 30.8 Å². The number of alkyl halides is 3. The van der Waals surface area contributed by atoms with E-state index in [-0.39, 0.29) is 0 Å². The molecule has 0 saturated carbocycles. The Morgan fingerprint density at radius 2 is 1.61 bits per heavy atom. The summed E-state index contributed by atoms with van der Waals surface area (Å²) in [6.07, 6.45) is 4.83. The minimum atomic E-state index is -4.22. The standard InChI is InChI=1S/C19H31NO.C9H9F3/c1-3-5-6-18-15-19(8-7-17(18)4-2)21-14-11-16-9-12-20-13-10-16;1-2-7-5-3-4-6-8(7)9(10,11)12/h7-8,15-16,20H,3-6,9-14H2,1-2H3;3-6H,2H2,1H3. The van der Waals surface area contributed by atoms with Crippen molar-refractivity contribution in [1.82, 2.24) is 5.32 Å². The van der Waals surface area contributed by atoms with Gasteiger partial charge in [-0.25, -0.2) is 0 Å². The molecule has 1 aliphatic rings. The number of piperidine rings is 1. The second-order valence-corrected chi connectivity index (χ2v) is 8.73. The van der Waals surface area contributed by atoms with Gasteiger partial charge in [0.25, 0.3) is 0 Å². The predicted molar refractivity (Wildman–Crippen MR) is 131 cm³/mol. The zero-order valence-electron chi connectivity index (χ0n) is 20.4. The summed E-state index contributed by atoms with van der Waals surface area (Å²) in [5, 5.41) is 3.42. The van der Waals surface area contributed by atoms with Gasteiger partial charge in [0.15, 0.2) is 0 Å². The molecule has 0 aromatic heterocycles. The molecule has 1 fully saturated rings. The molecular formula is C28H40F3NO. The van der Waals surface area contributed by atoms with Crippen molar-refractivity contribution in [1.29, 1.82) is 0 Å². The molecule has 2 aromatic carbocycles. The first-order chi connectivity index (χ1) is 15.9. The van der Waals surface area contributed by atoms with E-state index in [2.05, 4.69) is 37.4 Å². The van der Waals surface area contributed by atoms with Crippen molar-refractivity contribution in [3.05, 3.63) is 64.7 Å². The third-order valence-electron chi connectivity index (χ3n) is 6.32. The highest BCUT2D eigenvalue weighted by molar-refractivity contribution is 5.36. The van der Waals surface area contributed by atoms with E-state index in [1.807, 2.05) is 0 Å². The second kappa shape index (κ2) is 14.3. The third kappa shape index (κ3) is 9.40. The highest BCUT2D eigenvalue weighted by Gasteiger charge is 2.32. The molecule has 0 amide bonds. The number of halogens is 3. The summed E-state index contributed by atoms with van der Waals surface area (Å²) in [4.78, 5) is 0. The fraction of sp³-hybridized carbons (Fsp3) is 0.571. The maximum Gasteiger partial charge on any atom is 0.416 e. The van der Waals surface area contributed by atoms with Crippen LogP contribution in [0, 0.1) is 5.92 Å². The number of ether oxygens (including phenoxy) is 1. The van der Waals surface area contributed by atoms with E-state index in [0.29, 0.717) is 12.0 Å². The highest BCUT2D eigenvalue weighted by Crippen LogP contribution is 2.31. The summed E-state index contributed by atoms with van der Waals surface area (Å²) in [5.41, 5.74) is 2.80. The van der Waals surface area contributed by atoms with Crippen LogP contribution in [-0.2, 0) is 25.4 Å². The van der Waals surface area contributed by atoms with Crippen LogP contribution < -0.4 is 10.1 Å². The lowest BCUT2D eigenvalue weighted by Gasteiger charge is -2.22. The van der Waals surface area contributed by atoms with Gasteiger partial charge in [-0.15, -0.1) is 0 Å². The molecule has 0 unspecified atom stereocenters. The van der Waals surface area contributed by atoms with Crippen LogP contribution in [0.3, 0.4) is 0 Å². The van der Waals surface area contributed by atoms with Crippen molar-refractivity contribution in [2.45, 2.75) is 78.3 Å². The molecule has 2 nitrogen and oxygen atoms in total. The van der Waals surface area contributed by atoms with Gasteiger partial charge in [-0.2, -0.15) is 13.2 Å². The summed E-state index contributed by atoms with van der Waals surface area (Å²) < 4.78 is 42.7. The summed E-state index contributed by atoms with van der Waals surface area (Å²) in [5.74, 6) is 1.91. The smallest absolute Gasteiger partial charge is 0.416 e. The predicted octanol–water partition coefficient (Wildman–Crippen LogP) is 7.63. The van der Waals surface area contributed by atoms with Gasteiger partial charge in [-0.3, -0.25) is 0 Å². The molecule has 0 aliphatic carbocycles. The van der Waals surface area contributed by atoms with Gasteiger partial charge in [0, 0.05) is 0 Å². The number of rotatable bonds is 9. The molecule has 5 heteroatoms. The van der Waals surface area contributed by atoms with Crippen LogP contribution in [-0.4, -0.2) is 19.7 Å². The average molecular weight is 464 g/mol. The van der Waals surface area contributed by atoms with Crippen LogP contribution in [0.25, 0.3) is 0 Å². The Labute approximate surface area is 197 Å². The van der Waals surface area contributed by atoms with Crippen molar-refractivity contribution in [3.63, 3.8) is 0 Å². The molecular weight excluding hydrogens is 423 g/mol. The lowest BCUT2D eigenvalue weighted by molar-refractivity contribution is -0.138. The Balaban J connectivity index is 0.000000273. The van der Waals surface area contributed by atoms with Crippen molar-refractivity contribution < 1.29 is 17.9 Å². The van der Waals surface area contributed by atoms with Crippen molar-refractivity contribution in [2.24, 2.45) is 5.92 Å². The van der Waals surface area contributed by atoms with Crippen molar-refractivity contribution >= 4 is 0 Å². The van der Waals surface area contributed by atoms with E-state index in [1.165, 1.54) is 74.9 Å². The summed E-state index contributed by atoms with van der Waals surface area (Å²) in [6, 6.07) is 12.3. The molecule has 3 rings (SSSR count). The number of hydrogen-bond acceptors (Lipinski definition) is 2. The molecule has 1 N–H and O–H groups in total. The molecule has 1 saturated heterocycles. The number of aryl methyl sites for hydroxylation is 3. The van der Waals surface area contributed by atoms with E-state index in [4.69, 9.17) is 4.74 Å². The van der Waals surface area contributed by atoms with Crippen LogP contribution in [0.15, 0.2) is 42.5 Å². The Morgan fingerprint density at radius 3 is 2.21 bits per heavy atom. The van der Waals surface area contributed by atoms with Crippen LogP contribution in [0.1, 0.15) is 75.1 Å². The summed E-state index contributed by atoms with van der Waals surface area (Å²) >= 11 is 0. The number of benzene rings is 2. The monoisotopic (exact) mass is 463 g/mol. The van der Waals surface area contributed by atoms with Crippen LogP contribution in [0.5, 0.6) is 5.75 Å². The quantitative estimate of drug-likeness (QED) is 0.413. The van der Waals surface area contributed by atoms with Gasteiger partial charge in [0.1, 0.15) is 5.75 Å². The molecule has 1 heterocycles. The molecule has 2 aromatic rings. The fourth-order valence-electron chi connectivity index (χ4n) is 4.26. The molecule has 0 spiro atoms. The maximum absolute atomic E-state index is 12.2. The molecule has 184 valence electrons. The van der Waals surface area contributed by atoms with E-state index in [1.54, 1.807) is 13.0 Å². The van der Waals surface area contributed by atoms with E-state index >= 15 is 0 Å². The van der Waals surface area contributed by atoms with Crippen molar-refractivity contribution in [2.75, 3.05) is 19.7 Å². The summed E-state index contributed by atoms with van der Waals surface area (Å²) in [6.45, 7) is 9.43. The van der Waals surface area contributed by atoms with Gasteiger partial charge in [0.2, 0.25) is 0 Å². The van der Waals surface area contributed by atoms with Crippen LogP contribution >= 0.6 is 0 Å². The first kappa shape index (κ1) is 27.2. The molecule has 33 heavy (non-hydrogen) atoms. The highest BCUT2D eigenvalue weighted by atomic mass is 19.4. The SMILES string of the molecule is CCCCc1cc(OCCC2CCNCC2)ccc1CC.CCc1ccccc1C(F)(F)F. The van der Waals surface area contributed by atoms with Crippen LogP contribution in [0.2, 0.25) is 0 Å². The number of nitrogens with one attached hydrogen (secondary N) is 1. The van der Waals surface area contributed by atoms with Gasteiger partial charge in [0.05, 0.1) is 12.2 Å². The Hall–Kier alpha value is -2.01. The van der Waals surface area contributed by atoms with E-state index in [9.17, 15) is 13.2 Å². The molecule has 0 bridgehead atoms. The van der Waals surface area contributed by atoms with Crippen molar-refractivity contribution in [3.8, 4) is 5.75 Å².